The van der Waals surface area contributed by atoms with Gasteiger partial charge in [-0.2, -0.15) is 0 Å². The Hall–Kier alpha value is -2.52. The summed E-state index contributed by atoms with van der Waals surface area (Å²) in [6.45, 7) is 6.56. The minimum Gasteiger partial charge on any atom is -0.300 e. The normalized spacial score (nSPS) is 13.7. The maximum Gasteiger partial charge on any atom is 0.138 e. The van der Waals surface area contributed by atoms with Crippen LogP contribution in [0.5, 0.6) is 0 Å². The predicted octanol–water partition coefficient (Wildman–Crippen LogP) is 1.21. The number of hydrogen-bond donors (Lipinski definition) is 0. The molecule has 1 atom stereocenters. The summed E-state index contributed by atoms with van der Waals surface area (Å²) in [7, 11) is 0. The number of carbonyl (C=O) groups is 2. The van der Waals surface area contributed by atoms with Crippen molar-refractivity contribution in [2.24, 2.45) is 5.92 Å². The molecule has 26 heavy (non-hydrogen) atoms. The van der Waals surface area contributed by atoms with E-state index in [0.717, 1.165) is 6.42 Å². The van der Waals surface area contributed by atoms with Crippen LogP contribution in [-0.4, -0.2) is 52.0 Å². The van der Waals surface area contributed by atoms with Gasteiger partial charge < -0.3 is 0 Å². The molecule has 0 spiro atoms. The molecule has 0 fully saturated rings. The van der Waals surface area contributed by atoms with E-state index in [4.69, 9.17) is 0 Å². The number of tetrazole rings is 2. The van der Waals surface area contributed by atoms with Crippen molar-refractivity contribution in [1.82, 2.24) is 40.4 Å². The van der Waals surface area contributed by atoms with Gasteiger partial charge in [-0.25, -0.2) is 9.36 Å². The summed E-state index contributed by atoms with van der Waals surface area (Å²) in [4.78, 5) is 24.1. The molecule has 10 heteroatoms. The highest BCUT2D eigenvalue weighted by molar-refractivity contribution is 5.85. The van der Waals surface area contributed by atoms with Gasteiger partial charge in [-0.05, 0) is 46.5 Å². The molecule has 0 saturated heterocycles. The molecule has 0 bridgehead atoms. The van der Waals surface area contributed by atoms with Crippen molar-refractivity contribution < 1.29 is 9.59 Å². The van der Waals surface area contributed by atoms with Crippen molar-refractivity contribution in [3.8, 4) is 0 Å². The summed E-state index contributed by atoms with van der Waals surface area (Å²) < 4.78 is 3.21. The standard InChI is InChI=1S/C16H26N8O2/c1-13(2)4-5-14(25)6-7-15(26)8-9-16(3,24-12-18-20-22-24)10-23-11-17-19-21-23/h11-13H,4-10H2,1-3H3. The molecule has 0 aliphatic carbocycles. The van der Waals surface area contributed by atoms with E-state index in [0.29, 0.717) is 38.1 Å². The molecule has 2 heterocycles. The fraction of sp³-hybridized carbons (Fsp3) is 0.750. The summed E-state index contributed by atoms with van der Waals surface area (Å²) in [6.07, 6.45) is 5.92. The maximum atomic E-state index is 12.2. The molecule has 0 aliphatic heterocycles. The van der Waals surface area contributed by atoms with E-state index in [1.165, 1.54) is 12.7 Å². The van der Waals surface area contributed by atoms with Crippen LogP contribution in [0.25, 0.3) is 0 Å². The van der Waals surface area contributed by atoms with Crippen molar-refractivity contribution >= 4 is 11.6 Å². The third kappa shape index (κ3) is 6.08. The first kappa shape index (κ1) is 19.8. The quantitative estimate of drug-likeness (QED) is 0.552. The summed E-state index contributed by atoms with van der Waals surface area (Å²) in [5.41, 5.74) is -0.545. The zero-order valence-corrected chi connectivity index (χ0v) is 15.6. The lowest BCUT2D eigenvalue weighted by atomic mass is 9.93. The van der Waals surface area contributed by atoms with Crippen molar-refractivity contribution in [3.05, 3.63) is 12.7 Å². The third-order valence-corrected chi connectivity index (χ3v) is 4.42. The predicted molar refractivity (Wildman–Crippen MR) is 91.8 cm³/mol. The summed E-state index contributed by atoms with van der Waals surface area (Å²) in [5, 5.41) is 22.5. The second-order valence-corrected chi connectivity index (χ2v) is 7.27. The van der Waals surface area contributed by atoms with Crippen molar-refractivity contribution in [3.63, 3.8) is 0 Å². The van der Waals surface area contributed by atoms with E-state index in [1.54, 1.807) is 9.36 Å². The van der Waals surface area contributed by atoms with E-state index in [9.17, 15) is 9.59 Å². The van der Waals surface area contributed by atoms with E-state index in [1.807, 2.05) is 6.92 Å². The molecule has 0 aliphatic rings. The molecular formula is C16H26N8O2. The SMILES string of the molecule is CC(C)CCC(=O)CCC(=O)CCC(C)(Cn1cnnn1)n1cnnn1. The first-order valence-electron chi connectivity index (χ1n) is 8.87. The summed E-state index contributed by atoms with van der Waals surface area (Å²) >= 11 is 0. The summed E-state index contributed by atoms with van der Waals surface area (Å²) in [5.74, 6) is 0.723. The molecule has 0 aromatic carbocycles. The zero-order chi connectivity index (χ0) is 19.0. The molecule has 2 rings (SSSR count). The number of aromatic nitrogens is 8. The fourth-order valence-corrected chi connectivity index (χ4v) is 2.66. The largest absolute Gasteiger partial charge is 0.300 e. The Morgan fingerprint density at radius 1 is 0.962 bits per heavy atom. The van der Waals surface area contributed by atoms with Crippen LogP contribution in [0.3, 0.4) is 0 Å². The highest BCUT2D eigenvalue weighted by Gasteiger charge is 2.30. The first-order valence-corrected chi connectivity index (χ1v) is 8.87. The second-order valence-electron chi connectivity index (χ2n) is 7.27. The Kier molecular flexibility index (Phi) is 7.05. The molecule has 142 valence electrons. The van der Waals surface area contributed by atoms with Gasteiger partial charge >= 0.3 is 0 Å². The van der Waals surface area contributed by atoms with Gasteiger partial charge in [0.25, 0.3) is 0 Å². The minimum atomic E-state index is -0.545. The van der Waals surface area contributed by atoms with Crippen LogP contribution in [0, 0.1) is 5.92 Å². The minimum absolute atomic E-state index is 0.0684. The van der Waals surface area contributed by atoms with Crippen LogP contribution in [0.4, 0.5) is 0 Å². The van der Waals surface area contributed by atoms with Crippen LogP contribution < -0.4 is 0 Å². The van der Waals surface area contributed by atoms with Crippen LogP contribution >= 0.6 is 0 Å². The second kappa shape index (κ2) is 9.25. The third-order valence-electron chi connectivity index (χ3n) is 4.42. The zero-order valence-electron chi connectivity index (χ0n) is 15.6. The average molecular weight is 362 g/mol. The lowest BCUT2D eigenvalue weighted by Gasteiger charge is -2.28. The topological polar surface area (TPSA) is 121 Å². The molecule has 2 aromatic heterocycles. The van der Waals surface area contributed by atoms with Crippen molar-refractivity contribution in [2.45, 2.75) is 71.4 Å². The number of ketones is 2. The Labute approximate surface area is 152 Å². The lowest BCUT2D eigenvalue weighted by molar-refractivity contribution is -0.124. The molecule has 10 nitrogen and oxygen atoms in total. The fourth-order valence-electron chi connectivity index (χ4n) is 2.66. The van der Waals surface area contributed by atoms with Crippen molar-refractivity contribution in [1.29, 1.82) is 0 Å². The molecular weight excluding hydrogens is 336 g/mol. The highest BCUT2D eigenvalue weighted by Crippen LogP contribution is 2.23. The van der Waals surface area contributed by atoms with Crippen LogP contribution in [0.15, 0.2) is 12.7 Å². The lowest BCUT2D eigenvalue weighted by Crippen LogP contribution is -2.36. The first-order chi connectivity index (χ1) is 12.4. The van der Waals surface area contributed by atoms with E-state index < -0.39 is 5.54 Å². The number of Topliss-reactive ketones (excluding diaryl/α,β-unsaturated/α-hetero) is 2. The number of rotatable bonds is 12. The molecule has 0 amide bonds. The molecule has 0 saturated carbocycles. The van der Waals surface area contributed by atoms with Crippen molar-refractivity contribution in [2.75, 3.05) is 0 Å². The van der Waals surface area contributed by atoms with Gasteiger partial charge in [0.15, 0.2) is 0 Å². The maximum absolute atomic E-state index is 12.2. The summed E-state index contributed by atoms with van der Waals surface area (Å²) in [6, 6.07) is 0. The Balaban J connectivity index is 1.87. The Morgan fingerprint density at radius 3 is 2.19 bits per heavy atom. The van der Waals surface area contributed by atoms with Crippen LogP contribution in [-0.2, 0) is 21.7 Å². The molecule has 0 N–H and O–H groups in total. The number of hydrogen-bond acceptors (Lipinski definition) is 8. The molecule has 2 aromatic rings. The molecule has 1 unspecified atom stereocenters. The number of carbonyl (C=O) groups excluding carboxylic acids is 2. The van der Waals surface area contributed by atoms with Gasteiger partial charge in [0, 0.05) is 25.7 Å². The smallest absolute Gasteiger partial charge is 0.138 e. The Morgan fingerprint density at radius 2 is 1.62 bits per heavy atom. The Bertz CT molecular complexity index is 683. The monoisotopic (exact) mass is 362 g/mol. The van der Waals surface area contributed by atoms with Gasteiger partial charge in [-0.1, -0.05) is 13.8 Å². The van der Waals surface area contributed by atoms with Gasteiger partial charge in [-0.3, -0.25) is 9.59 Å². The van der Waals surface area contributed by atoms with E-state index in [2.05, 4.69) is 44.9 Å². The van der Waals surface area contributed by atoms with Gasteiger partial charge in [0.2, 0.25) is 0 Å². The van der Waals surface area contributed by atoms with Crippen LogP contribution in [0.1, 0.15) is 59.3 Å². The van der Waals surface area contributed by atoms with E-state index >= 15 is 0 Å². The van der Waals surface area contributed by atoms with Crippen LogP contribution in [0.2, 0.25) is 0 Å². The highest BCUT2D eigenvalue weighted by atomic mass is 16.1. The van der Waals surface area contributed by atoms with E-state index in [-0.39, 0.29) is 18.0 Å². The molecule has 0 radical (unpaired) electrons. The van der Waals surface area contributed by atoms with Gasteiger partial charge in [0.1, 0.15) is 24.2 Å². The van der Waals surface area contributed by atoms with Gasteiger partial charge in [0.05, 0.1) is 12.1 Å². The number of nitrogens with zero attached hydrogens (tertiary/aromatic N) is 8. The average Bonchev–Trinajstić information content (AvgIpc) is 3.30. The van der Waals surface area contributed by atoms with Gasteiger partial charge in [-0.15, -0.1) is 10.2 Å².